The Kier molecular flexibility index (Phi) is 2.22. The van der Waals surface area contributed by atoms with E-state index >= 15 is 0 Å². The van der Waals surface area contributed by atoms with Gasteiger partial charge in [0.15, 0.2) is 5.13 Å². The first-order chi connectivity index (χ1) is 6.34. The van der Waals surface area contributed by atoms with E-state index in [4.69, 9.17) is 5.73 Å². The van der Waals surface area contributed by atoms with Gasteiger partial charge in [-0.25, -0.2) is 9.97 Å². The molecule has 2 heterocycles. The number of nitrogen functional groups attached to an aromatic ring is 1. The van der Waals surface area contributed by atoms with Crippen molar-refractivity contribution < 1.29 is 0 Å². The largest absolute Gasteiger partial charge is 0.375 e. The number of nitrogens with two attached hydrogens (primary N) is 1. The number of hydrogen-bond acceptors (Lipinski definition) is 5. The fraction of sp³-hybridized carbons (Fsp3) is 0.286. The second-order valence-corrected chi connectivity index (χ2v) is 3.48. The third kappa shape index (κ3) is 2.03. The van der Waals surface area contributed by atoms with E-state index in [2.05, 4.69) is 15.1 Å². The van der Waals surface area contributed by atoms with Crippen molar-refractivity contribution >= 4 is 16.5 Å². The van der Waals surface area contributed by atoms with Crippen LogP contribution in [0, 0.1) is 0 Å². The molecule has 0 saturated carbocycles. The normalized spacial score (nSPS) is 10.5. The van der Waals surface area contributed by atoms with E-state index in [0.717, 1.165) is 18.7 Å². The van der Waals surface area contributed by atoms with Crippen LogP contribution in [0.2, 0.25) is 0 Å². The summed E-state index contributed by atoms with van der Waals surface area (Å²) < 4.78 is 1.77. The molecule has 0 fully saturated rings. The van der Waals surface area contributed by atoms with Crippen LogP contribution in [0.3, 0.4) is 0 Å². The second kappa shape index (κ2) is 3.53. The molecule has 2 aromatic rings. The Morgan fingerprint density at radius 2 is 2.46 bits per heavy atom. The maximum Gasteiger partial charge on any atom is 0.180 e. The Balaban J connectivity index is 1.93. The molecule has 13 heavy (non-hydrogen) atoms. The molecule has 0 unspecified atom stereocenters. The van der Waals surface area contributed by atoms with E-state index in [-0.39, 0.29) is 0 Å². The van der Waals surface area contributed by atoms with Gasteiger partial charge in [-0.2, -0.15) is 5.10 Å². The van der Waals surface area contributed by atoms with Crippen LogP contribution in [0.4, 0.5) is 5.13 Å². The topological polar surface area (TPSA) is 69.6 Å². The van der Waals surface area contributed by atoms with Crippen LogP contribution in [0.1, 0.15) is 5.69 Å². The minimum Gasteiger partial charge on any atom is -0.375 e. The predicted molar refractivity (Wildman–Crippen MR) is 50.3 cm³/mol. The van der Waals surface area contributed by atoms with Crippen molar-refractivity contribution in [1.29, 1.82) is 0 Å². The monoisotopic (exact) mass is 195 g/mol. The highest BCUT2D eigenvalue weighted by molar-refractivity contribution is 7.13. The van der Waals surface area contributed by atoms with Crippen LogP contribution in [0.25, 0.3) is 0 Å². The number of rotatable bonds is 3. The van der Waals surface area contributed by atoms with Crippen LogP contribution < -0.4 is 5.73 Å². The van der Waals surface area contributed by atoms with Crippen LogP contribution in [-0.2, 0) is 13.0 Å². The minimum atomic E-state index is 0.619. The molecule has 0 saturated heterocycles. The van der Waals surface area contributed by atoms with Gasteiger partial charge < -0.3 is 5.73 Å². The van der Waals surface area contributed by atoms with Crippen molar-refractivity contribution in [2.75, 3.05) is 5.73 Å². The highest BCUT2D eigenvalue weighted by Crippen LogP contribution is 2.11. The molecule has 0 bridgehead atoms. The molecule has 0 atom stereocenters. The van der Waals surface area contributed by atoms with Crippen LogP contribution >= 0.6 is 11.3 Å². The van der Waals surface area contributed by atoms with Gasteiger partial charge in [-0.1, -0.05) is 0 Å². The van der Waals surface area contributed by atoms with E-state index in [1.807, 2.05) is 5.38 Å². The Morgan fingerprint density at radius 3 is 3.08 bits per heavy atom. The summed E-state index contributed by atoms with van der Waals surface area (Å²) in [6.45, 7) is 0.795. The molecule has 2 rings (SSSR count). The minimum absolute atomic E-state index is 0.619. The zero-order chi connectivity index (χ0) is 9.10. The smallest absolute Gasteiger partial charge is 0.180 e. The third-order valence-corrected chi connectivity index (χ3v) is 2.36. The third-order valence-electron chi connectivity index (χ3n) is 1.63. The standard InChI is InChI=1S/C7H9N5S/c8-7-11-6(3-13-7)1-2-12-5-9-4-10-12/h3-5H,1-2H2,(H2,8,11). The van der Waals surface area contributed by atoms with Crippen molar-refractivity contribution in [2.24, 2.45) is 0 Å². The fourth-order valence-electron chi connectivity index (χ4n) is 1.01. The first-order valence-corrected chi connectivity index (χ1v) is 4.75. The van der Waals surface area contributed by atoms with E-state index in [0.29, 0.717) is 5.13 Å². The molecule has 0 spiro atoms. The van der Waals surface area contributed by atoms with E-state index in [1.165, 1.54) is 17.7 Å². The summed E-state index contributed by atoms with van der Waals surface area (Å²) >= 11 is 1.46. The van der Waals surface area contributed by atoms with Crippen LogP contribution in [0.5, 0.6) is 0 Å². The molecule has 0 aliphatic rings. The molecule has 0 radical (unpaired) electrons. The Hall–Kier alpha value is -1.43. The van der Waals surface area contributed by atoms with E-state index in [9.17, 15) is 0 Å². The molecule has 5 nitrogen and oxygen atoms in total. The molecule has 6 heteroatoms. The van der Waals surface area contributed by atoms with Gasteiger partial charge >= 0.3 is 0 Å². The van der Waals surface area contributed by atoms with Crippen molar-refractivity contribution in [1.82, 2.24) is 19.7 Å². The lowest BCUT2D eigenvalue weighted by atomic mass is 10.3. The highest BCUT2D eigenvalue weighted by atomic mass is 32.1. The average Bonchev–Trinajstić information content (AvgIpc) is 2.71. The maximum absolute atomic E-state index is 5.50. The molecule has 0 aliphatic carbocycles. The van der Waals surface area contributed by atoms with Gasteiger partial charge in [0.05, 0.1) is 5.69 Å². The van der Waals surface area contributed by atoms with Crippen LogP contribution in [0.15, 0.2) is 18.0 Å². The number of aryl methyl sites for hydroxylation is 2. The van der Waals surface area contributed by atoms with Gasteiger partial charge in [0.1, 0.15) is 12.7 Å². The highest BCUT2D eigenvalue weighted by Gasteiger charge is 1.99. The predicted octanol–water partition coefficient (Wildman–Crippen LogP) is 0.559. The number of anilines is 1. The molecule has 0 aromatic carbocycles. The van der Waals surface area contributed by atoms with Crippen molar-refractivity contribution in [3.8, 4) is 0 Å². The Bertz CT molecular complexity index is 366. The molecule has 2 N–H and O–H groups in total. The maximum atomic E-state index is 5.50. The van der Waals surface area contributed by atoms with E-state index in [1.54, 1.807) is 11.0 Å². The number of thiazole rings is 1. The zero-order valence-corrected chi connectivity index (χ0v) is 7.74. The number of hydrogen-bond donors (Lipinski definition) is 1. The van der Waals surface area contributed by atoms with Gasteiger partial charge in [-0.15, -0.1) is 11.3 Å². The molecular weight excluding hydrogens is 186 g/mol. The Labute approximate surface area is 79.2 Å². The van der Waals surface area contributed by atoms with Gasteiger partial charge in [0.25, 0.3) is 0 Å². The molecule has 68 valence electrons. The first kappa shape index (κ1) is 8.18. The van der Waals surface area contributed by atoms with E-state index < -0.39 is 0 Å². The summed E-state index contributed by atoms with van der Waals surface area (Å²) in [4.78, 5) is 7.99. The lowest BCUT2D eigenvalue weighted by molar-refractivity contribution is 0.608. The number of nitrogens with zero attached hydrogens (tertiary/aromatic N) is 4. The summed E-state index contributed by atoms with van der Waals surface area (Å²) in [6.07, 6.45) is 4.06. The lowest BCUT2D eigenvalue weighted by Crippen LogP contribution is -2.01. The van der Waals surface area contributed by atoms with Crippen molar-refractivity contribution in [2.45, 2.75) is 13.0 Å². The average molecular weight is 195 g/mol. The van der Waals surface area contributed by atoms with Gasteiger partial charge in [0.2, 0.25) is 0 Å². The fourth-order valence-corrected chi connectivity index (χ4v) is 1.61. The zero-order valence-electron chi connectivity index (χ0n) is 6.92. The number of aromatic nitrogens is 4. The summed E-state index contributed by atoms with van der Waals surface area (Å²) in [7, 11) is 0. The lowest BCUT2D eigenvalue weighted by Gasteiger charge is -1.96. The summed E-state index contributed by atoms with van der Waals surface area (Å²) in [5.74, 6) is 0. The Morgan fingerprint density at radius 1 is 1.54 bits per heavy atom. The van der Waals surface area contributed by atoms with Crippen molar-refractivity contribution in [3.63, 3.8) is 0 Å². The molecule has 0 amide bonds. The van der Waals surface area contributed by atoms with Crippen LogP contribution in [-0.4, -0.2) is 19.7 Å². The molecular formula is C7H9N5S. The summed E-state index contributed by atoms with van der Waals surface area (Å²) in [6, 6.07) is 0. The van der Waals surface area contributed by atoms with Gasteiger partial charge in [-0.3, -0.25) is 4.68 Å². The van der Waals surface area contributed by atoms with Crippen molar-refractivity contribution in [3.05, 3.63) is 23.7 Å². The summed E-state index contributed by atoms with van der Waals surface area (Å²) in [5, 5.41) is 6.57. The summed E-state index contributed by atoms with van der Waals surface area (Å²) in [5.41, 5.74) is 6.51. The molecule has 2 aromatic heterocycles. The quantitative estimate of drug-likeness (QED) is 0.776. The van der Waals surface area contributed by atoms with Gasteiger partial charge in [-0.05, 0) is 0 Å². The SMILES string of the molecule is Nc1nc(CCn2cncn2)cs1. The first-order valence-electron chi connectivity index (χ1n) is 3.87. The van der Waals surface area contributed by atoms with Gasteiger partial charge in [0, 0.05) is 18.3 Å². The second-order valence-electron chi connectivity index (χ2n) is 2.59. The molecule has 0 aliphatic heterocycles.